The van der Waals surface area contributed by atoms with Crippen LogP contribution in [0.5, 0.6) is 0 Å². The van der Waals surface area contributed by atoms with Gasteiger partial charge in [-0.05, 0) is 26.7 Å². The highest BCUT2D eigenvalue weighted by Gasteiger charge is 2.31. The van der Waals surface area contributed by atoms with E-state index in [2.05, 4.69) is 9.88 Å². The Kier molecular flexibility index (Phi) is 3.74. The van der Waals surface area contributed by atoms with Crippen LogP contribution in [0.3, 0.4) is 0 Å². The normalized spacial score (nSPS) is 25.3. The molecule has 2 atom stereocenters. The number of aryl methyl sites for hydroxylation is 2. The molecular weight excluding hydrogens is 256 g/mol. The van der Waals surface area contributed by atoms with Gasteiger partial charge in [0.2, 0.25) is 10.0 Å². The van der Waals surface area contributed by atoms with Crippen molar-refractivity contribution in [1.82, 2.24) is 9.88 Å². The van der Waals surface area contributed by atoms with Gasteiger partial charge in [0.1, 0.15) is 10.6 Å². The number of nitrogens with one attached hydrogen (secondary N) is 1. The van der Waals surface area contributed by atoms with E-state index in [9.17, 15) is 13.5 Å². The fraction of sp³-hybridized carbons (Fsp3) is 0.727. The van der Waals surface area contributed by atoms with E-state index in [4.69, 9.17) is 4.52 Å². The maximum atomic E-state index is 12.2. The zero-order chi connectivity index (χ0) is 13.3. The SMILES string of the molecule is Cc1noc(C)c1S(=O)(=O)N[C@@H]1CCCC[C@H]1O. The molecule has 0 spiro atoms. The largest absolute Gasteiger partial charge is 0.391 e. The van der Waals surface area contributed by atoms with Crippen molar-refractivity contribution in [2.75, 3.05) is 0 Å². The van der Waals surface area contributed by atoms with E-state index in [0.717, 1.165) is 12.8 Å². The van der Waals surface area contributed by atoms with Crippen molar-refractivity contribution in [1.29, 1.82) is 0 Å². The Labute approximate surface area is 106 Å². The van der Waals surface area contributed by atoms with Gasteiger partial charge >= 0.3 is 0 Å². The van der Waals surface area contributed by atoms with Crippen LogP contribution in [0.4, 0.5) is 0 Å². The average Bonchev–Trinajstić information content (AvgIpc) is 2.62. The predicted octanol–water partition coefficient (Wildman–Crippen LogP) is 0.873. The molecule has 7 heteroatoms. The Bertz CT molecular complexity index is 504. The first-order valence-corrected chi connectivity index (χ1v) is 7.53. The Morgan fingerprint density at radius 2 is 2.00 bits per heavy atom. The van der Waals surface area contributed by atoms with E-state index in [1.165, 1.54) is 0 Å². The zero-order valence-corrected chi connectivity index (χ0v) is 11.3. The second-order valence-electron chi connectivity index (χ2n) is 4.73. The van der Waals surface area contributed by atoms with Gasteiger partial charge in [0, 0.05) is 6.04 Å². The van der Waals surface area contributed by atoms with Gasteiger partial charge in [-0.15, -0.1) is 0 Å². The maximum absolute atomic E-state index is 12.2. The molecule has 18 heavy (non-hydrogen) atoms. The highest BCUT2D eigenvalue weighted by Crippen LogP contribution is 2.23. The quantitative estimate of drug-likeness (QED) is 0.853. The molecule has 1 saturated carbocycles. The van der Waals surface area contributed by atoms with Gasteiger partial charge in [-0.2, -0.15) is 0 Å². The number of rotatable bonds is 3. The minimum absolute atomic E-state index is 0.0836. The molecule has 0 unspecified atom stereocenters. The number of hydrogen-bond acceptors (Lipinski definition) is 5. The fourth-order valence-corrected chi connectivity index (χ4v) is 4.00. The minimum Gasteiger partial charge on any atom is -0.391 e. The summed E-state index contributed by atoms with van der Waals surface area (Å²) >= 11 is 0. The van der Waals surface area contributed by atoms with Crippen molar-refractivity contribution in [3.05, 3.63) is 11.5 Å². The molecule has 0 amide bonds. The standard InChI is InChI=1S/C11H18N2O4S/c1-7-11(8(2)17-12-7)18(15,16)13-9-5-3-4-6-10(9)14/h9-10,13-14H,3-6H2,1-2H3/t9-,10-/m1/s1. The van der Waals surface area contributed by atoms with Gasteiger partial charge in [-0.1, -0.05) is 18.0 Å². The van der Waals surface area contributed by atoms with Crippen LogP contribution < -0.4 is 4.72 Å². The lowest BCUT2D eigenvalue weighted by Crippen LogP contribution is -2.45. The first-order chi connectivity index (χ1) is 8.42. The van der Waals surface area contributed by atoms with Crippen LogP contribution in [-0.4, -0.2) is 30.8 Å². The van der Waals surface area contributed by atoms with Gasteiger partial charge in [-0.3, -0.25) is 0 Å². The topological polar surface area (TPSA) is 92.4 Å². The van der Waals surface area contributed by atoms with Crippen LogP contribution in [0.25, 0.3) is 0 Å². The third-order valence-corrected chi connectivity index (χ3v) is 5.01. The number of nitrogens with zero attached hydrogens (tertiary/aromatic N) is 1. The lowest BCUT2D eigenvalue weighted by Gasteiger charge is -2.27. The third-order valence-electron chi connectivity index (χ3n) is 3.27. The molecule has 2 rings (SSSR count). The summed E-state index contributed by atoms with van der Waals surface area (Å²) in [6.45, 7) is 3.15. The van der Waals surface area contributed by atoms with Crippen LogP contribution in [0, 0.1) is 13.8 Å². The molecule has 1 fully saturated rings. The van der Waals surface area contributed by atoms with Crippen molar-refractivity contribution in [2.24, 2.45) is 0 Å². The summed E-state index contributed by atoms with van der Waals surface area (Å²) in [7, 11) is -3.68. The molecule has 2 N–H and O–H groups in total. The number of hydrogen-bond donors (Lipinski definition) is 2. The summed E-state index contributed by atoms with van der Waals surface area (Å²) in [5.74, 6) is 0.269. The van der Waals surface area contributed by atoms with Crippen LogP contribution in [0.1, 0.15) is 37.1 Å². The number of aliphatic hydroxyl groups is 1. The van der Waals surface area contributed by atoms with E-state index >= 15 is 0 Å². The first-order valence-electron chi connectivity index (χ1n) is 6.05. The summed E-state index contributed by atoms with van der Waals surface area (Å²) in [4.78, 5) is 0.0836. The average molecular weight is 274 g/mol. The van der Waals surface area contributed by atoms with Crippen molar-refractivity contribution < 1.29 is 18.0 Å². The van der Waals surface area contributed by atoms with Crippen molar-refractivity contribution in [2.45, 2.75) is 56.6 Å². The Balaban J connectivity index is 2.22. The number of aliphatic hydroxyl groups excluding tert-OH is 1. The molecule has 6 nitrogen and oxygen atoms in total. The van der Waals surface area contributed by atoms with Gasteiger partial charge in [0.05, 0.1) is 6.10 Å². The van der Waals surface area contributed by atoms with Crippen LogP contribution in [0.2, 0.25) is 0 Å². The zero-order valence-electron chi connectivity index (χ0n) is 10.5. The Morgan fingerprint density at radius 3 is 2.56 bits per heavy atom. The first kappa shape index (κ1) is 13.5. The predicted molar refractivity (Wildman–Crippen MR) is 64.6 cm³/mol. The molecule has 1 aliphatic rings. The van der Waals surface area contributed by atoms with Crippen molar-refractivity contribution in [3.63, 3.8) is 0 Å². The molecular formula is C11H18N2O4S. The number of sulfonamides is 1. The second-order valence-corrected chi connectivity index (χ2v) is 6.38. The maximum Gasteiger partial charge on any atom is 0.246 e. The monoisotopic (exact) mass is 274 g/mol. The summed E-state index contributed by atoms with van der Waals surface area (Å²) < 4.78 is 31.9. The van der Waals surface area contributed by atoms with Crippen molar-refractivity contribution in [3.8, 4) is 0 Å². The van der Waals surface area contributed by atoms with Gasteiger partial charge in [-0.25, -0.2) is 13.1 Å². The summed E-state index contributed by atoms with van der Waals surface area (Å²) in [6.07, 6.45) is 2.53. The Morgan fingerprint density at radius 1 is 1.33 bits per heavy atom. The van der Waals surface area contributed by atoms with E-state index in [1.807, 2.05) is 0 Å². The molecule has 1 aromatic rings. The smallest absolute Gasteiger partial charge is 0.246 e. The summed E-state index contributed by atoms with van der Waals surface area (Å²) in [6, 6.07) is -0.419. The number of aromatic nitrogens is 1. The molecule has 0 aromatic carbocycles. The molecule has 0 saturated heterocycles. The van der Waals surface area contributed by atoms with Gasteiger partial charge < -0.3 is 9.63 Å². The Hall–Kier alpha value is -0.920. The molecule has 1 heterocycles. The fourth-order valence-electron chi connectivity index (χ4n) is 2.37. The molecule has 0 bridgehead atoms. The van der Waals surface area contributed by atoms with Crippen molar-refractivity contribution >= 4 is 10.0 Å². The van der Waals surface area contributed by atoms with Crippen LogP contribution in [0.15, 0.2) is 9.42 Å². The molecule has 1 aliphatic carbocycles. The summed E-state index contributed by atoms with van der Waals surface area (Å²) in [5.41, 5.74) is 0.338. The van der Waals surface area contributed by atoms with E-state index < -0.39 is 22.2 Å². The van der Waals surface area contributed by atoms with Gasteiger partial charge in [0.15, 0.2) is 5.76 Å². The highest BCUT2D eigenvalue weighted by atomic mass is 32.2. The van der Waals surface area contributed by atoms with Crippen LogP contribution >= 0.6 is 0 Å². The minimum atomic E-state index is -3.68. The highest BCUT2D eigenvalue weighted by molar-refractivity contribution is 7.89. The molecule has 0 radical (unpaired) electrons. The lowest BCUT2D eigenvalue weighted by atomic mass is 9.93. The lowest BCUT2D eigenvalue weighted by molar-refractivity contribution is 0.101. The van der Waals surface area contributed by atoms with E-state index in [-0.39, 0.29) is 10.7 Å². The molecule has 102 valence electrons. The third kappa shape index (κ3) is 2.57. The summed E-state index contributed by atoms with van der Waals surface area (Å²) in [5, 5.41) is 13.4. The van der Waals surface area contributed by atoms with Crippen LogP contribution in [-0.2, 0) is 10.0 Å². The molecule has 1 aromatic heterocycles. The van der Waals surface area contributed by atoms with Gasteiger partial charge in [0.25, 0.3) is 0 Å². The van der Waals surface area contributed by atoms with E-state index in [0.29, 0.717) is 18.5 Å². The molecule has 0 aliphatic heterocycles. The van der Waals surface area contributed by atoms with E-state index in [1.54, 1.807) is 13.8 Å². The second kappa shape index (κ2) is 4.99.